The van der Waals surface area contributed by atoms with Gasteiger partial charge in [0.2, 0.25) is 5.91 Å². The number of benzene rings is 2. The second-order valence-electron chi connectivity index (χ2n) is 6.95. The molecule has 28 heavy (non-hydrogen) atoms. The summed E-state index contributed by atoms with van der Waals surface area (Å²) >= 11 is 0. The summed E-state index contributed by atoms with van der Waals surface area (Å²) in [6.45, 7) is 3.66. The van der Waals surface area contributed by atoms with E-state index in [0.29, 0.717) is 31.7 Å². The number of nitrogens with one attached hydrogen (secondary N) is 1. The first-order valence-electron chi connectivity index (χ1n) is 9.45. The van der Waals surface area contributed by atoms with Crippen LogP contribution in [0.25, 0.3) is 0 Å². The summed E-state index contributed by atoms with van der Waals surface area (Å²) in [5, 5.41) is 12.1. The second kappa shape index (κ2) is 9.37. The number of carbonyl (C=O) groups excluding carboxylic acids is 1. The van der Waals surface area contributed by atoms with Gasteiger partial charge < -0.3 is 19.9 Å². The molecule has 1 aliphatic heterocycles. The standard InChI is InChI=1S/C22H25NO5/c1-15-6-7-17(20(12-15)28-18-10-11-27-14-18)13-23-21(24)9-8-16-4-2-3-5-19(16)22(25)26/h2-7,12,18H,8-11,13-14H2,1H3,(H,23,24)(H,25,26). The molecule has 2 aromatic carbocycles. The highest BCUT2D eigenvalue weighted by Crippen LogP contribution is 2.24. The number of amides is 1. The summed E-state index contributed by atoms with van der Waals surface area (Å²) in [4.78, 5) is 23.5. The van der Waals surface area contributed by atoms with E-state index in [1.54, 1.807) is 24.3 Å². The molecule has 1 saturated heterocycles. The maximum atomic E-state index is 12.3. The molecule has 0 spiro atoms. The Balaban J connectivity index is 1.56. The lowest BCUT2D eigenvalue weighted by Crippen LogP contribution is -2.24. The van der Waals surface area contributed by atoms with E-state index in [-0.39, 0.29) is 24.0 Å². The number of rotatable bonds is 8. The van der Waals surface area contributed by atoms with Crippen LogP contribution < -0.4 is 10.1 Å². The van der Waals surface area contributed by atoms with Gasteiger partial charge >= 0.3 is 5.97 Å². The predicted octanol–water partition coefficient (Wildman–Crippen LogP) is 3.11. The van der Waals surface area contributed by atoms with Crippen molar-refractivity contribution in [2.24, 2.45) is 0 Å². The van der Waals surface area contributed by atoms with Crippen molar-refractivity contribution in [2.45, 2.75) is 38.8 Å². The second-order valence-corrected chi connectivity index (χ2v) is 6.95. The summed E-state index contributed by atoms with van der Waals surface area (Å²) in [5.41, 5.74) is 2.90. The predicted molar refractivity (Wildman–Crippen MR) is 105 cm³/mol. The number of carboxylic acid groups (broad SMARTS) is 1. The maximum absolute atomic E-state index is 12.3. The van der Waals surface area contributed by atoms with Crippen molar-refractivity contribution in [1.82, 2.24) is 5.32 Å². The first kappa shape index (κ1) is 19.9. The Labute approximate surface area is 164 Å². The molecule has 148 valence electrons. The molecule has 1 fully saturated rings. The third-order valence-electron chi connectivity index (χ3n) is 4.75. The van der Waals surface area contributed by atoms with Gasteiger partial charge in [-0.15, -0.1) is 0 Å². The number of aryl methyl sites for hydroxylation is 2. The molecule has 1 heterocycles. The van der Waals surface area contributed by atoms with Gasteiger partial charge in [0, 0.05) is 24.9 Å². The van der Waals surface area contributed by atoms with Gasteiger partial charge in [0.15, 0.2) is 0 Å². The molecule has 6 nitrogen and oxygen atoms in total. The molecule has 1 aliphatic rings. The van der Waals surface area contributed by atoms with Gasteiger partial charge in [-0.1, -0.05) is 30.3 Å². The molecule has 1 atom stereocenters. The van der Waals surface area contributed by atoms with E-state index >= 15 is 0 Å². The molecule has 3 rings (SSSR count). The topological polar surface area (TPSA) is 84.9 Å². The van der Waals surface area contributed by atoms with Crippen LogP contribution >= 0.6 is 0 Å². The molecule has 1 unspecified atom stereocenters. The number of ether oxygens (including phenoxy) is 2. The molecule has 6 heteroatoms. The van der Waals surface area contributed by atoms with Crippen LogP contribution in [0.1, 0.15) is 39.9 Å². The van der Waals surface area contributed by atoms with Crippen LogP contribution in [-0.4, -0.2) is 36.3 Å². The first-order chi connectivity index (χ1) is 13.5. The lowest BCUT2D eigenvalue weighted by molar-refractivity contribution is -0.121. The fraction of sp³-hybridized carbons (Fsp3) is 0.364. The van der Waals surface area contributed by atoms with Gasteiger partial charge in [-0.2, -0.15) is 0 Å². The molecular weight excluding hydrogens is 358 g/mol. The Morgan fingerprint density at radius 1 is 1.21 bits per heavy atom. The summed E-state index contributed by atoms with van der Waals surface area (Å²) in [6, 6.07) is 12.7. The molecule has 0 aromatic heterocycles. The zero-order valence-electron chi connectivity index (χ0n) is 15.9. The average Bonchev–Trinajstić information content (AvgIpc) is 3.19. The van der Waals surface area contributed by atoms with Crippen LogP contribution in [0.5, 0.6) is 5.75 Å². The number of hydrogen-bond acceptors (Lipinski definition) is 4. The number of hydrogen-bond donors (Lipinski definition) is 2. The minimum Gasteiger partial charge on any atom is -0.488 e. The number of carbonyl (C=O) groups is 2. The minimum atomic E-state index is -0.978. The fourth-order valence-electron chi connectivity index (χ4n) is 3.18. The normalized spacial score (nSPS) is 16.0. The molecule has 0 bridgehead atoms. The summed E-state index contributed by atoms with van der Waals surface area (Å²) in [5.74, 6) is -0.337. The Kier molecular flexibility index (Phi) is 6.66. The molecule has 2 aromatic rings. The highest BCUT2D eigenvalue weighted by molar-refractivity contribution is 5.89. The van der Waals surface area contributed by atoms with Crippen LogP contribution in [-0.2, 0) is 22.5 Å². The van der Waals surface area contributed by atoms with Crippen LogP contribution in [0.2, 0.25) is 0 Å². The fourth-order valence-corrected chi connectivity index (χ4v) is 3.18. The van der Waals surface area contributed by atoms with E-state index in [9.17, 15) is 14.7 Å². The van der Waals surface area contributed by atoms with Crippen LogP contribution in [0.3, 0.4) is 0 Å². The monoisotopic (exact) mass is 383 g/mol. The lowest BCUT2D eigenvalue weighted by atomic mass is 10.0. The number of aromatic carboxylic acids is 1. The summed E-state index contributed by atoms with van der Waals surface area (Å²) in [7, 11) is 0. The number of carboxylic acids is 1. The largest absolute Gasteiger partial charge is 0.488 e. The van der Waals surface area contributed by atoms with Gasteiger partial charge in [0.05, 0.1) is 18.8 Å². The van der Waals surface area contributed by atoms with Gasteiger partial charge in [0.25, 0.3) is 0 Å². The van der Waals surface area contributed by atoms with E-state index in [2.05, 4.69) is 5.32 Å². The highest BCUT2D eigenvalue weighted by atomic mass is 16.5. The Morgan fingerprint density at radius 2 is 2.04 bits per heavy atom. The molecule has 0 saturated carbocycles. The quantitative estimate of drug-likeness (QED) is 0.732. The van der Waals surface area contributed by atoms with E-state index in [1.807, 2.05) is 25.1 Å². The van der Waals surface area contributed by atoms with Crippen LogP contribution in [0.4, 0.5) is 0 Å². The van der Waals surface area contributed by atoms with Crippen molar-refractivity contribution < 1.29 is 24.2 Å². The van der Waals surface area contributed by atoms with Gasteiger partial charge in [-0.25, -0.2) is 4.79 Å². The zero-order chi connectivity index (χ0) is 19.9. The SMILES string of the molecule is Cc1ccc(CNC(=O)CCc2ccccc2C(=O)O)c(OC2CCOC2)c1. The average molecular weight is 383 g/mol. The van der Waals surface area contributed by atoms with Crippen molar-refractivity contribution >= 4 is 11.9 Å². The van der Waals surface area contributed by atoms with Crippen molar-refractivity contribution in [3.05, 3.63) is 64.7 Å². The minimum absolute atomic E-state index is 0.0452. The van der Waals surface area contributed by atoms with Crippen LogP contribution in [0.15, 0.2) is 42.5 Å². The molecular formula is C22H25NO5. The first-order valence-corrected chi connectivity index (χ1v) is 9.45. The van der Waals surface area contributed by atoms with Gasteiger partial charge in [-0.05, 0) is 36.6 Å². The van der Waals surface area contributed by atoms with Gasteiger partial charge in [0.1, 0.15) is 11.9 Å². The van der Waals surface area contributed by atoms with Crippen molar-refractivity contribution in [2.75, 3.05) is 13.2 Å². The van der Waals surface area contributed by atoms with Gasteiger partial charge in [-0.3, -0.25) is 4.79 Å². The highest BCUT2D eigenvalue weighted by Gasteiger charge is 2.19. The maximum Gasteiger partial charge on any atom is 0.335 e. The third kappa shape index (κ3) is 5.33. The smallest absolute Gasteiger partial charge is 0.335 e. The lowest BCUT2D eigenvalue weighted by Gasteiger charge is -2.17. The van der Waals surface area contributed by atoms with E-state index in [1.165, 1.54) is 0 Å². The Hall–Kier alpha value is -2.86. The Bertz CT molecular complexity index is 843. The van der Waals surface area contributed by atoms with Crippen LogP contribution in [0, 0.1) is 6.92 Å². The molecule has 0 radical (unpaired) electrons. The molecule has 0 aliphatic carbocycles. The zero-order valence-corrected chi connectivity index (χ0v) is 15.9. The van der Waals surface area contributed by atoms with E-state index in [0.717, 1.165) is 23.3 Å². The molecule has 1 amide bonds. The van der Waals surface area contributed by atoms with E-state index < -0.39 is 5.97 Å². The van der Waals surface area contributed by atoms with Crippen molar-refractivity contribution in [3.63, 3.8) is 0 Å². The van der Waals surface area contributed by atoms with E-state index in [4.69, 9.17) is 9.47 Å². The third-order valence-corrected chi connectivity index (χ3v) is 4.75. The Morgan fingerprint density at radius 3 is 2.79 bits per heavy atom. The molecule has 2 N–H and O–H groups in total. The van der Waals surface area contributed by atoms with Crippen molar-refractivity contribution in [3.8, 4) is 5.75 Å². The summed E-state index contributed by atoms with van der Waals surface area (Å²) in [6.07, 6.45) is 1.51. The summed E-state index contributed by atoms with van der Waals surface area (Å²) < 4.78 is 11.4. The van der Waals surface area contributed by atoms with Crippen molar-refractivity contribution in [1.29, 1.82) is 0 Å².